The number of rotatable bonds is 11. The summed E-state index contributed by atoms with van der Waals surface area (Å²) in [5.41, 5.74) is -2.55. The van der Waals surface area contributed by atoms with E-state index in [1.165, 1.54) is 0 Å². The zero-order valence-corrected chi connectivity index (χ0v) is 25.2. The lowest BCUT2D eigenvalue weighted by molar-refractivity contribution is -0.157. The molecule has 0 fully saturated rings. The third kappa shape index (κ3) is 45.0. The number of allylic oxidation sites excluding steroid dienone is 1. The van der Waals surface area contributed by atoms with Crippen LogP contribution in [0.1, 0.15) is 88.5 Å². The van der Waals surface area contributed by atoms with Crippen LogP contribution in [0.3, 0.4) is 0 Å². The number of esters is 2. The molecule has 0 atom stereocenters. The Morgan fingerprint density at radius 2 is 0.892 bits per heavy atom. The quantitative estimate of drug-likeness (QED) is 0.114. The first kappa shape index (κ1) is 45.5. The second-order valence-corrected chi connectivity index (χ2v) is 11.2. The Balaban J connectivity index is -0.000000151. The first-order chi connectivity index (χ1) is 16.0. The third-order valence-electron chi connectivity index (χ3n) is 3.93. The molecule has 0 heterocycles. The summed E-state index contributed by atoms with van der Waals surface area (Å²) in [6.45, 7) is 24.0. The van der Waals surface area contributed by atoms with Crippen molar-refractivity contribution in [3.63, 3.8) is 0 Å². The minimum Gasteiger partial charge on any atom is -0.457 e. The van der Waals surface area contributed by atoms with Gasteiger partial charge in [-0.15, -0.1) is 23.2 Å². The summed E-state index contributed by atoms with van der Waals surface area (Å²) in [6, 6.07) is 0. The molecule has 0 rings (SSSR count). The Kier molecular flexibility index (Phi) is 27.8. The maximum atomic E-state index is 11.1. The van der Waals surface area contributed by atoms with Gasteiger partial charge in [-0.1, -0.05) is 27.2 Å². The van der Waals surface area contributed by atoms with Gasteiger partial charge in [0.25, 0.3) is 0 Å². The van der Waals surface area contributed by atoms with Gasteiger partial charge < -0.3 is 19.7 Å². The van der Waals surface area contributed by atoms with Gasteiger partial charge in [-0.3, -0.25) is 4.79 Å². The average molecular weight is 592 g/mol. The second kappa shape index (κ2) is 22.6. The van der Waals surface area contributed by atoms with Crippen LogP contribution in [0.4, 0.5) is 0 Å². The molecule has 10 heteroatoms. The molecule has 0 aromatic rings. The lowest BCUT2D eigenvalue weighted by Crippen LogP contribution is -2.33. The Bertz CT molecular complexity index is 626. The standard InChI is InChI=1S/C14H22O4.C8H18O2.C3H3ClO.CH2Cl2.CH4/c1-7-11(15)17-13(3,4)9-10-14(5,6)18-12(16)8-2;1-7(2,9)5-6-8(3,4)10;1-2-3(4)5;2-1-3;/h7-8H,1-2,9-10H2,3-6H3;9-10H,5-6H2,1-4H3;2H,1H2;1H2;1H4. The lowest BCUT2D eigenvalue weighted by atomic mass is 9.93. The molecule has 0 unspecified atom stereocenters. The van der Waals surface area contributed by atoms with E-state index in [0.717, 1.165) is 18.2 Å². The summed E-state index contributed by atoms with van der Waals surface area (Å²) in [4.78, 5) is 31.7. The van der Waals surface area contributed by atoms with Gasteiger partial charge in [-0.25, -0.2) is 9.59 Å². The van der Waals surface area contributed by atoms with Crippen LogP contribution in [-0.4, -0.2) is 55.1 Å². The van der Waals surface area contributed by atoms with E-state index in [1.54, 1.807) is 55.4 Å². The van der Waals surface area contributed by atoms with Gasteiger partial charge in [-0.05, 0) is 98.8 Å². The Morgan fingerprint density at radius 3 is 1.03 bits per heavy atom. The van der Waals surface area contributed by atoms with Crippen molar-refractivity contribution in [3.05, 3.63) is 38.0 Å². The molecular weight excluding hydrogens is 543 g/mol. The summed E-state index contributed by atoms with van der Waals surface area (Å²) in [7, 11) is 0. The monoisotopic (exact) mass is 590 g/mol. The highest BCUT2D eigenvalue weighted by Gasteiger charge is 2.28. The normalized spacial score (nSPS) is 10.7. The van der Waals surface area contributed by atoms with Crippen molar-refractivity contribution in [2.24, 2.45) is 0 Å². The molecule has 0 saturated heterocycles. The van der Waals surface area contributed by atoms with E-state index in [-0.39, 0.29) is 12.8 Å². The summed E-state index contributed by atoms with van der Waals surface area (Å²) in [6.07, 6.45) is 5.72. The number of hydrogen-bond acceptors (Lipinski definition) is 7. The SMILES string of the molecule is C.C=CC(=O)Cl.C=CC(=O)OC(C)(C)CCC(C)(C)OC(=O)C=C.CC(C)(O)CCC(C)(C)O.ClCCl. The van der Waals surface area contributed by atoms with Crippen molar-refractivity contribution in [2.45, 2.75) is 111 Å². The molecule has 0 aromatic heterocycles. The van der Waals surface area contributed by atoms with Gasteiger partial charge in [-0.2, -0.15) is 0 Å². The van der Waals surface area contributed by atoms with Gasteiger partial charge in [0.05, 0.1) is 16.5 Å². The zero-order chi connectivity index (χ0) is 29.8. The van der Waals surface area contributed by atoms with Crippen molar-refractivity contribution in [1.82, 2.24) is 0 Å². The summed E-state index contributed by atoms with van der Waals surface area (Å²) in [5, 5.41) is 18.2. The van der Waals surface area contributed by atoms with Crippen LogP contribution < -0.4 is 0 Å². The molecule has 0 aromatic carbocycles. The Labute approximate surface area is 239 Å². The number of hydrogen-bond donors (Lipinski definition) is 2. The molecule has 7 nitrogen and oxygen atoms in total. The zero-order valence-electron chi connectivity index (χ0n) is 23.0. The van der Waals surface area contributed by atoms with Crippen molar-refractivity contribution >= 4 is 52.0 Å². The first-order valence-electron chi connectivity index (χ1n) is 11.1. The van der Waals surface area contributed by atoms with Crippen LogP contribution in [0, 0.1) is 0 Å². The van der Waals surface area contributed by atoms with E-state index in [9.17, 15) is 24.6 Å². The fraction of sp³-hybridized carbons (Fsp3) is 0.667. The molecule has 0 amide bonds. The summed E-state index contributed by atoms with van der Waals surface area (Å²) < 4.78 is 10.4. The van der Waals surface area contributed by atoms with E-state index in [0.29, 0.717) is 25.7 Å². The number of carbonyl (C=O) groups is 3. The smallest absolute Gasteiger partial charge is 0.330 e. The highest BCUT2D eigenvalue weighted by molar-refractivity contribution is 6.66. The number of carbonyl (C=O) groups excluding carboxylic acids is 3. The van der Waals surface area contributed by atoms with Crippen LogP contribution in [0.15, 0.2) is 38.0 Å². The molecule has 2 N–H and O–H groups in total. The largest absolute Gasteiger partial charge is 0.457 e. The third-order valence-corrected chi connectivity index (χ3v) is 4.08. The van der Waals surface area contributed by atoms with E-state index in [2.05, 4.69) is 19.7 Å². The topological polar surface area (TPSA) is 110 Å². The summed E-state index contributed by atoms with van der Waals surface area (Å²) >= 11 is 14.2. The van der Waals surface area contributed by atoms with Crippen molar-refractivity contribution in [3.8, 4) is 0 Å². The predicted molar refractivity (Wildman–Crippen MR) is 156 cm³/mol. The summed E-state index contributed by atoms with van der Waals surface area (Å²) in [5.74, 6) is -0.915. The molecule has 0 aliphatic carbocycles. The lowest BCUT2D eigenvalue weighted by Gasteiger charge is -2.30. The van der Waals surface area contributed by atoms with Gasteiger partial charge in [0.1, 0.15) is 11.2 Å². The fourth-order valence-corrected chi connectivity index (χ4v) is 1.94. The minimum absolute atomic E-state index is 0. The van der Waals surface area contributed by atoms with E-state index in [1.807, 2.05) is 0 Å². The molecule has 0 spiro atoms. The molecule has 0 bridgehead atoms. The fourth-order valence-electron chi connectivity index (χ4n) is 1.94. The molecule has 0 aliphatic heterocycles. The van der Waals surface area contributed by atoms with Gasteiger partial charge in [0.15, 0.2) is 0 Å². The molecule has 0 aliphatic rings. The van der Waals surface area contributed by atoms with Crippen molar-refractivity contribution < 1.29 is 34.1 Å². The molecule has 220 valence electrons. The van der Waals surface area contributed by atoms with Gasteiger partial charge in [0.2, 0.25) is 5.24 Å². The van der Waals surface area contributed by atoms with Crippen LogP contribution >= 0.6 is 34.8 Å². The van der Waals surface area contributed by atoms with Crippen LogP contribution in [0.5, 0.6) is 0 Å². The van der Waals surface area contributed by atoms with Crippen LogP contribution in [0.25, 0.3) is 0 Å². The number of alkyl halides is 2. The van der Waals surface area contributed by atoms with E-state index < -0.39 is 39.6 Å². The molecule has 37 heavy (non-hydrogen) atoms. The highest BCUT2D eigenvalue weighted by atomic mass is 35.5. The van der Waals surface area contributed by atoms with Crippen molar-refractivity contribution in [1.29, 1.82) is 0 Å². The predicted octanol–water partition coefficient (Wildman–Crippen LogP) is 7.09. The maximum Gasteiger partial charge on any atom is 0.330 e. The Morgan fingerprint density at radius 1 is 0.676 bits per heavy atom. The first-order valence-corrected chi connectivity index (χ1v) is 12.6. The van der Waals surface area contributed by atoms with E-state index >= 15 is 0 Å². The highest BCUT2D eigenvalue weighted by Crippen LogP contribution is 2.25. The van der Waals surface area contributed by atoms with Gasteiger partial charge >= 0.3 is 11.9 Å². The number of ether oxygens (including phenoxy) is 2. The number of aliphatic hydroxyl groups is 2. The van der Waals surface area contributed by atoms with E-state index in [4.69, 9.17) is 44.3 Å². The van der Waals surface area contributed by atoms with Crippen LogP contribution in [0.2, 0.25) is 0 Å². The number of halogens is 3. The second-order valence-electron chi connectivity index (χ2n) is 10.0. The molecular formula is C27H49Cl3O7. The molecule has 0 radical (unpaired) electrons. The maximum absolute atomic E-state index is 11.1. The average Bonchev–Trinajstić information content (AvgIpc) is 2.71. The van der Waals surface area contributed by atoms with Gasteiger partial charge in [0, 0.05) is 12.2 Å². The Hall–Kier alpha value is -1.38. The van der Waals surface area contributed by atoms with Crippen LogP contribution in [-0.2, 0) is 23.9 Å². The minimum atomic E-state index is -0.653. The molecule has 0 saturated carbocycles. The van der Waals surface area contributed by atoms with Crippen molar-refractivity contribution in [2.75, 3.05) is 5.34 Å².